The third-order valence-electron chi connectivity index (χ3n) is 6.35. The van der Waals surface area contributed by atoms with Crippen LogP contribution < -0.4 is 10.1 Å². The maximum atomic E-state index is 13.3. The van der Waals surface area contributed by atoms with Crippen LogP contribution in [-0.2, 0) is 22.6 Å². The van der Waals surface area contributed by atoms with Gasteiger partial charge in [0.05, 0.1) is 0 Å². The van der Waals surface area contributed by atoms with Crippen molar-refractivity contribution in [1.29, 1.82) is 0 Å². The average molecular weight is 539 g/mol. The first kappa shape index (κ1) is 30.7. The van der Waals surface area contributed by atoms with E-state index in [0.29, 0.717) is 36.7 Å². The lowest BCUT2D eigenvalue weighted by Crippen LogP contribution is -2.34. The molecule has 0 aliphatic rings. The molecule has 0 aliphatic carbocycles. The van der Waals surface area contributed by atoms with Gasteiger partial charge in [-0.05, 0) is 92.1 Å². The number of hydrogen-bond donors (Lipinski definition) is 2. The van der Waals surface area contributed by atoms with Gasteiger partial charge in [-0.15, -0.1) is 0 Å². The molecule has 0 bridgehead atoms. The number of benzene rings is 2. The number of carbonyl (C=O) groups is 2. The number of nitrogens with one attached hydrogen (secondary N) is 1. The molecule has 2 N–H and O–H groups in total. The van der Waals surface area contributed by atoms with Gasteiger partial charge in [-0.2, -0.15) is 0 Å². The van der Waals surface area contributed by atoms with Crippen molar-refractivity contribution in [3.63, 3.8) is 0 Å². The molecule has 1 amide bonds. The van der Waals surface area contributed by atoms with Crippen LogP contribution in [0.1, 0.15) is 49.4 Å². The SMILES string of the molecule is C/C=C\CN(C)/C(C(=O)NCc1cc(C)cc(Oc2ccc(CCC(=O)O)c(C)c2)c1)=C(/C)C(C)/C=C/Cl. The Bertz CT molecular complexity index is 1220. The predicted molar refractivity (Wildman–Crippen MR) is 155 cm³/mol. The Morgan fingerprint density at radius 3 is 2.53 bits per heavy atom. The van der Waals surface area contributed by atoms with Gasteiger partial charge < -0.3 is 20.1 Å². The van der Waals surface area contributed by atoms with E-state index >= 15 is 0 Å². The fourth-order valence-corrected chi connectivity index (χ4v) is 4.34. The van der Waals surface area contributed by atoms with Crippen LogP contribution in [0, 0.1) is 19.8 Å². The van der Waals surface area contributed by atoms with Crippen LogP contribution in [0.5, 0.6) is 11.5 Å². The summed E-state index contributed by atoms with van der Waals surface area (Å²) in [5.41, 5.74) is 6.94. The van der Waals surface area contributed by atoms with Gasteiger partial charge in [0.2, 0.25) is 0 Å². The standard InChI is InChI=1S/C31H39ClN2O4/c1-7-8-15-34(6)30(24(5)22(3)13-14-32)31(37)33-20-25-16-21(2)17-28(19-25)38-27-11-9-26(23(4)18-27)10-12-29(35)36/h7-9,11,13-14,16-19,22H,10,12,15,20H2,1-6H3,(H,33,37)(H,35,36)/b8-7-,14-13+,30-24-. The Morgan fingerprint density at radius 1 is 1.16 bits per heavy atom. The van der Waals surface area contributed by atoms with E-state index in [1.165, 1.54) is 5.54 Å². The predicted octanol–water partition coefficient (Wildman–Crippen LogP) is 6.90. The van der Waals surface area contributed by atoms with Crippen LogP contribution in [0.25, 0.3) is 0 Å². The number of ether oxygens (including phenoxy) is 1. The van der Waals surface area contributed by atoms with Crippen molar-refractivity contribution in [1.82, 2.24) is 10.2 Å². The number of halogens is 1. The minimum atomic E-state index is -0.812. The summed E-state index contributed by atoms with van der Waals surface area (Å²) in [5.74, 6) is 0.396. The van der Waals surface area contributed by atoms with Gasteiger partial charge in [0.25, 0.3) is 5.91 Å². The third-order valence-corrected chi connectivity index (χ3v) is 6.50. The zero-order chi connectivity index (χ0) is 28.2. The molecular formula is C31H39ClN2O4. The topological polar surface area (TPSA) is 78.9 Å². The minimum absolute atomic E-state index is 0.0132. The number of rotatable bonds is 13. The highest BCUT2D eigenvalue weighted by atomic mass is 35.5. The van der Waals surface area contributed by atoms with Gasteiger partial charge in [-0.25, -0.2) is 0 Å². The average Bonchev–Trinajstić information content (AvgIpc) is 2.85. The van der Waals surface area contributed by atoms with Crippen molar-refractivity contribution in [2.75, 3.05) is 13.6 Å². The monoisotopic (exact) mass is 538 g/mol. The molecule has 0 radical (unpaired) electrons. The van der Waals surface area contributed by atoms with Gasteiger partial charge in [0.15, 0.2) is 0 Å². The molecule has 38 heavy (non-hydrogen) atoms. The van der Waals surface area contributed by atoms with Crippen LogP contribution in [0.15, 0.2) is 71.4 Å². The van der Waals surface area contributed by atoms with Crippen molar-refractivity contribution >= 4 is 23.5 Å². The Balaban J connectivity index is 2.19. The van der Waals surface area contributed by atoms with E-state index in [-0.39, 0.29) is 18.2 Å². The summed E-state index contributed by atoms with van der Waals surface area (Å²) in [7, 11) is 1.91. The third kappa shape index (κ3) is 9.42. The van der Waals surface area contributed by atoms with E-state index in [2.05, 4.69) is 5.32 Å². The zero-order valence-electron chi connectivity index (χ0n) is 23.2. The molecule has 0 aromatic heterocycles. The number of allylic oxidation sites excluding steroid dienone is 3. The van der Waals surface area contributed by atoms with Crippen molar-refractivity contribution < 1.29 is 19.4 Å². The summed E-state index contributed by atoms with van der Waals surface area (Å²) in [4.78, 5) is 26.2. The number of nitrogens with zero attached hydrogens (tertiary/aromatic N) is 1. The summed E-state index contributed by atoms with van der Waals surface area (Å²) in [6, 6.07) is 11.6. The number of hydrogen-bond acceptors (Lipinski definition) is 4. The molecule has 0 saturated heterocycles. The largest absolute Gasteiger partial charge is 0.481 e. The lowest BCUT2D eigenvalue weighted by molar-refractivity contribution is -0.137. The molecule has 2 aromatic rings. The Hall–Kier alpha value is -3.51. The van der Waals surface area contributed by atoms with Crippen LogP contribution in [0.3, 0.4) is 0 Å². The van der Waals surface area contributed by atoms with Crippen molar-refractivity contribution in [2.45, 2.75) is 54.0 Å². The summed E-state index contributed by atoms with van der Waals surface area (Å²) < 4.78 is 6.12. The molecule has 0 saturated carbocycles. The van der Waals surface area contributed by atoms with Crippen LogP contribution in [0.4, 0.5) is 0 Å². The van der Waals surface area contributed by atoms with Gasteiger partial charge in [-0.3, -0.25) is 9.59 Å². The molecule has 204 valence electrons. The lowest BCUT2D eigenvalue weighted by Gasteiger charge is -2.25. The van der Waals surface area contributed by atoms with E-state index in [4.69, 9.17) is 21.4 Å². The van der Waals surface area contributed by atoms with E-state index in [0.717, 1.165) is 27.8 Å². The minimum Gasteiger partial charge on any atom is -0.481 e. The van der Waals surface area contributed by atoms with Gasteiger partial charge in [-0.1, -0.05) is 48.9 Å². The van der Waals surface area contributed by atoms with E-state index in [9.17, 15) is 9.59 Å². The molecular weight excluding hydrogens is 500 g/mol. The van der Waals surface area contributed by atoms with E-state index < -0.39 is 5.97 Å². The summed E-state index contributed by atoms with van der Waals surface area (Å²) in [6.45, 7) is 10.8. The molecule has 0 aliphatic heterocycles. The zero-order valence-corrected chi connectivity index (χ0v) is 23.9. The Labute approximate surface area is 231 Å². The highest BCUT2D eigenvalue weighted by Gasteiger charge is 2.19. The molecule has 2 rings (SSSR count). The summed E-state index contributed by atoms with van der Waals surface area (Å²) in [6.07, 6.45) is 6.41. The maximum absolute atomic E-state index is 13.3. The van der Waals surface area contributed by atoms with E-state index in [1.54, 1.807) is 0 Å². The Kier molecular flexibility index (Phi) is 12.2. The molecule has 0 fully saturated rings. The molecule has 1 unspecified atom stereocenters. The smallest absolute Gasteiger partial charge is 0.303 e. The fourth-order valence-electron chi connectivity index (χ4n) is 4.12. The number of amides is 1. The molecule has 6 nitrogen and oxygen atoms in total. The molecule has 0 spiro atoms. The van der Waals surface area contributed by atoms with Crippen molar-refractivity contribution in [3.8, 4) is 11.5 Å². The number of aliphatic carboxylic acids is 1. The normalized spacial score (nSPS) is 12.9. The summed E-state index contributed by atoms with van der Waals surface area (Å²) >= 11 is 5.80. The highest BCUT2D eigenvalue weighted by Crippen LogP contribution is 2.27. The number of carboxylic acids is 1. The first-order valence-electron chi connectivity index (χ1n) is 12.7. The van der Waals surface area contributed by atoms with Gasteiger partial charge in [0.1, 0.15) is 17.2 Å². The summed E-state index contributed by atoms with van der Waals surface area (Å²) in [5, 5.41) is 12.0. The number of aryl methyl sites for hydroxylation is 3. The van der Waals surface area contributed by atoms with Gasteiger partial charge in [0, 0.05) is 32.1 Å². The second-order valence-corrected chi connectivity index (χ2v) is 9.76. The number of carbonyl (C=O) groups excluding carboxylic acids is 1. The molecule has 1 atom stereocenters. The molecule has 2 aromatic carbocycles. The van der Waals surface area contributed by atoms with E-state index in [1.807, 2.05) is 101 Å². The highest BCUT2D eigenvalue weighted by molar-refractivity contribution is 6.25. The fraction of sp³-hybridized carbons (Fsp3) is 0.355. The van der Waals surface area contributed by atoms with Crippen molar-refractivity contribution in [2.24, 2.45) is 5.92 Å². The Morgan fingerprint density at radius 2 is 1.89 bits per heavy atom. The lowest BCUT2D eigenvalue weighted by atomic mass is 9.99. The first-order valence-corrected chi connectivity index (χ1v) is 13.2. The van der Waals surface area contributed by atoms with Gasteiger partial charge >= 0.3 is 5.97 Å². The first-order chi connectivity index (χ1) is 18.0. The van der Waals surface area contributed by atoms with Crippen LogP contribution >= 0.6 is 11.6 Å². The maximum Gasteiger partial charge on any atom is 0.303 e. The second-order valence-electron chi connectivity index (χ2n) is 9.51. The second kappa shape index (κ2) is 15.0. The quantitative estimate of drug-likeness (QED) is 0.214. The molecule has 7 heteroatoms. The number of likely N-dealkylation sites (N-methyl/N-ethyl adjacent to an activating group) is 1. The van der Waals surface area contributed by atoms with Crippen molar-refractivity contribution in [3.05, 3.63) is 93.7 Å². The van der Waals surface area contributed by atoms with Crippen LogP contribution in [0.2, 0.25) is 0 Å². The molecule has 0 heterocycles. The number of carboxylic acid groups (broad SMARTS) is 1. The van der Waals surface area contributed by atoms with Crippen LogP contribution in [-0.4, -0.2) is 35.5 Å².